The maximum atomic E-state index is 12.5. The van der Waals surface area contributed by atoms with Gasteiger partial charge in [-0.05, 0) is 36.4 Å². The molecular weight excluding hydrogens is 363 g/mol. The summed E-state index contributed by atoms with van der Waals surface area (Å²) < 4.78 is 44.1. The average molecular weight is 379 g/mol. The molecule has 0 fully saturated rings. The lowest BCUT2D eigenvalue weighted by Crippen LogP contribution is -2.33. The average Bonchev–Trinajstić information content (AvgIpc) is 2.94. The van der Waals surface area contributed by atoms with E-state index >= 15 is 0 Å². The van der Waals surface area contributed by atoms with E-state index in [1.165, 1.54) is 16.7 Å². The number of halogens is 3. The Hall–Kier alpha value is -3.23. The summed E-state index contributed by atoms with van der Waals surface area (Å²) in [4.78, 5) is 26.6. The summed E-state index contributed by atoms with van der Waals surface area (Å²) in [5, 5.41) is 2.60. The van der Waals surface area contributed by atoms with Crippen molar-refractivity contribution >= 4 is 16.9 Å². The van der Waals surface area contributed by atoms with Gasteiger partial charge in [0.1, 0.15) is 18.9 Å². The first-order valence-corrected chi connectivity index (χ1v) is 8.09. The van der Waals surface area contributed by atoms with E-state index in [1.54, 1.807) is 24.3 Å². The van der Waals surface area contributed by atoms with Crippen molar-refractivity contribution in [3.8, 4) is 5.75 Å². The highest BCUT2D eigenvalue weighted by Gasteiger charge is 2.29. The maximum Gasteiger partial charge on any atom is 0.416 e. The van der Waals surface area contributed by atoms with Gasteiger partial charge in [0.15, 0.2) is 0 Å². The molecule has 0 aliphatic rings. The van der Waals surface area contributed by atoms with Crippen LogP contribution in [-0.2, 0) is 17.5 Å². The monoisotopic (exact) mass is 379 g/mol. The number of alkyl halides is 3. The van der Waals surface area contributed by atoms with Gasteiger partial charge in [0.25, 0.3) is 0 Å². The molecule has 142 valence electrons. The molecule has 0 saturated carbocycles. The van der Waals surface area contributed by atoms with Crippen molar-refractivity contribution in [1.29, 1.82) is 0 Å². The first-order valence-electron chi connectivity index (χ1n) is 8.09. The Bertz CT molecular complexity index is 991. The molecule has 0 atom stereocenters. The van der Waals surface area contributed by atoms with Crippen LogP contribution in [0.4, 0.5) is 13.2 Å². The van der Waals surface area contributed by atoms with E-state index in [0.29, 0.717) is 11.0 Å². The van der Waals surface area contributed by atoms with E-state index < -0.39 is 11.7 Å². The topological polar surface area (TPSA) is 76.1 Å². The number of rotatable bonds is 6. The van der Waals surface area contributed by atoms with E-state index in [0.717, 1.165) is 12.1 Å². The fourth-order valence-electron chi connectivity index (χ4n) is 2.56. The largest absolute Gasteiger partial charge is 0.492 e. The zero-order valence-corrected chi connectivity index (χ0v) is 14.0. The van der Waals surface area contributed by atoms with Crippen molar-refractivity contribution in [3.05, 3.63) is 64.6 Å². The standard InChI is InChI=1S/C18H16F3N3O3/c19-18(20,21)12-5-7-13(8-6-12)27-10-9-22-16(25)11-24-15-4-2-1-3-14(15)23-17(24)26/h1-8H,9-11H2,(H,22,25)(H,23,26). The highest BCUT2D eigenvalue weighted by Crippen LogP contribution is 2.30. The number of para-hydroxylation sites is 2. The lowest BCUT2D eigenvalue weighted by Gasteiger charge is -2.10. The normalized spacial score (nSPS) is 11.5. The molecule has 0 radical (unpaired) electrons. The van der Waals surface area contributed by atoms with Gasteiger partial charge in [0.05, 0.1) is 23.1 Å². The molecule has 1 amide bonds. The number of carbonyl (C=O) groups is 1. The van der Waals surface area contributed by atoms with Gasteiger partial charge in [-0.25, -0.2) is 4.79 Å². The number of aromatic nitrogens is 2. The van der Waals surface area contributed by atoms with Crippen molar-refractivity contribution in [2.75, 3.05) is 13.2 Å². The number of nitrogens with zero attached hydrogens (tertiary/aromatic N) is 1. The van der Waals surface area contributed by atoms with E-state index in [9.17, 15) is 22.8 Å². The minimum Gasteiger partial charge on any atom is -0.492 e. The molecule has 2 aromatic carbocycles. The van der Waals surface area contributed by atoms with Gasteiger partial charge in [-0.15, -0.1) is 0 Å². The molecule has 1 heterocycles. The van der Waals surface area contributed by atoms with Crippen molar-refractivity contribution in [3.63, 3.8) is 0 Å². The van der Waals surface area contributed by atoms with Crippen LogP contribution in [0.2, 0.25) is 0 Å². The van der Waals surface area contributed by atoms with Gasteiger partial charge < -0.3 is 15.0 Å². The number of fused-ring (bicyclic) bond motifs is 1. The van der Waals surface area contributed by atoms with Gasteiger partial charge in [-0.1, -0.05) is 12.1 Å². The summed E-state index contributed by atoms with van der Waals surface area (Å²) in [7, 11) is 0. The van der Waals surface area contributed by atoms with Crippen LogP contribution < -0.4 is 15.7 Å². The van der Waals surface area contributed by atoms with Crippen LogP contribution >= 0.6 is 0 Å². The number of nitrogens with one attached hydrogen (secondary N) is 2. The van der Waals surface area contributed by atoms with Crippen molar-refractivity contribution in [2.24, 2.45) is 0 Å². The van der Waals surface area contributed by atoms with Crippen LogP contribution in [0.25, 0.3) is 11.0 Å². The van der Waals surface area contributed by atoms with E-state index in [-0.39, 0.29) is 37.0 Å². The summed E-state index contributed by atoms with van der Waals surface area (Å²) in [6, 6.07) is 11.3. The molecule has 0 aliphatic carbocycles. The second-order valence-electron chi connectivity index (χ2n) is 5.75. The van der Waals surface area contributed by atoms with Crippen molar-refractivity contribution in [1.82, 2.24) is 14.9 Å². The predicted octanol–water partition coefficient (Wildman–Crippen LogP) is 2.54. The zero-order chi connectivity index (χ0) is 19.4. The summed E-state index contributed by atoms with van der Waals surface area (Å²) >= 11 is 0. The van der Waals surface area contributed by atoms with Gasteiger partial charge in [0, 0.05) is 0 Å². The highest BCUT2D eigenvalue weighted by atomic mass is 19.4. The fraction of sp³-hybridized carbons (Fsp3) is 0.222. The van der Waals surface area contributed by atoms with Gasteiger partial charge in [-0.3, -0.25) is 9.36 Å². The first-order chi connectivity index (χ1) is 12.8. The number of carbonyl (C=O) groups excluding carboxylic acids is 1. The molecular formula is C18H16F3N3O3. The van der Waals surface area contributed by atoms with Crippen LogP contribution in [0, 0.1) is 0 Å². The molecule has 6 nitrogen and oxygen atoms in total. The third-order valence-corrected chi connectivity index (χ3v) is 3.86. The first kappa shape index (κ1) is 18.6. The number of H-pyrrole nitrogens is 1. The third kappa shape index (κ3) is 4.49. The molecule has 9 heteroatoms. The number of ether oxygens (including phenoxy) is 1. The van der Waals surface area contributed by atoms with E-state index in [1.807, 2.05) is 0 Å². The maximum absolute atomic E-state index is 12.5. The number of amides is 1. The van der Waals surface area contributed by atoms with Gasteiger partial charge >= 0.3 is 11.9 Å². The van der Waals surface area contributed by atoms with Gasteiger partial charge in [-0.2, -0.15) is 13.2 Å². The SMILES string of the molecule is O=C(Cn1c(=O)[nH]c2ccccc21)NCCOc1ccc(C(F)(F)F)cc1. The molecule has 1 aromatic heterocycles. The second kappa shape index (κ2) is 7.56. The number of hydrogen-bond acceptors (Lipinski definition) is 3. The van der Waals surface area contributed by atoms with Gasteiger partial charge in [0.2, 0.25) is 5.91 Å². The Kier molecular flexibility index (Phi) is 5.20. The molecule has 0 spiro atoms. The molecule has 0 bridgehead atoms. The number of aromatic amines is 1. The molecule has 27 heavy (non-hydrogen) atoms. The third-order valence-electron chi connectivity index (χ3n) is 3.86. The molecule has 0 aliphatic heterocycles. The Labute approximate surface area is 151 Å². The predicted molar refractivity (Wildman–Crippen MR) is 92.5 cm³/mol. The second-order valence-corrected chi connectivity index (χ2v) is 5.75. The highest BCUT2D eigenvalue weighted by molar-refractivity contribution is 5.80. The van der Waals surface area contributed by atoms with Crippen LogP contribution in [0.5, 0.6) is 5.75 Å². The fourth-order valence-corrected chi connectivity index (χ4v) is 2.56. The Morgan fingerprint density at radius 2 is 1.81 bits per heavy atom. The van der Waals surface area contributed by atoms with Crippen LogP contribution in [0.1, 0.15) is 5.56 Å². The quantitative estimate of drug-likeness (QED) is 0.647. The minimum absolute atomic E-state index is 0.0832. The van der Waals surface area contributed by atoms with Crippen LogP contribution in [0.3, 0.4) is 0 Å². The molecule has 0 unspecified atom stereocenters. The number of imidazole rings is 1. The van der Waals surface area contributed by atoms with E-state index in [4.69, 9.17) is 4.74 Å². The Balaban J connectivity index is 1.48. The molecule has 3 rings (SSSR count). The van der Waals surface area contributed by atoms with E-state index in [2.05, 4.69) is 10.3 Å². The molecule has 0 saturated heterocycles. The summed E-state index contributed by atoms with van der Waals surface area (Å²) in [6.45, 7) is 0.0833. The van der Waals surface area contributed by atoms with Crippen LogP contribution in [-0.4, -0.2) is 28.6 Å². The zero-order valence-electron chi connectivity index (χ0n) is 14.0. The Morgan fingerprint density at radius 3 is 2.52 bits per heavy atom. The summed E-state index contributed by atoms with van der Waals surface area (Å²) in [5.74, 6) is -0.108. The lowest BCUT2D eigenvalue weighted by molar-refractivity contribution is -0.137. The molecule has 2 N–H and O–H groups in total. The number of hydrogen-bond donors (Lipinski definition) is 2. The minimum atomic E-state index is -4.40. The van der Waals surface area contributed by atoms with Crippen molar-refractivity contribution < 1.29 is 22.7 Å². The summed E-state index contributed by atoms with van der Waals surface area (Å²) in [5.41, 5.74) is 0.124. The molecule has 3 aromatic rings. The number of benzene rings is 2. The van der Waals surface area contributed by atoms with Crippen molar-refractivity contribution in [2.45, 2.75) is 12.7 Å². The summed E-state index contributed by atoms with van der Waals surface area (Å²) in [6.07, 6.45) is -4.40. The lowest BCUT2D eigenvalue weighted by atomic mass is 10.2. The Morgan fingerprint density at radius 1 is 1.11 bits per heavy atom. The van der Waals surface area contributed by atoms with Crippen LogP contribution in [0.15, 0.2) is 53.3 Å². The smallest absolute Gasteiger partial charge is 0.416 e.